The van der Waals surface area contributed by atoms with E-state index in [0.717, 1.165) is 5.69 Å². The molecular weight excluding hydrogens is 420 g/mol. The smallest absolute Gasteiger partial charge is 0.122 e. The second-order valence-electron chi connectivity index (χ2n) is 5.67. The van der Waals surface area contributed by atoms with E-state index in [4.69, 9.17) is 17.0 Å². The largest absolute Gasteiger partial charge is 0.307 e. The third-order valence-electron chi connectivity index (χ3n) is 3.38. The first-order valence-corrected chi connectivity index (χ1v) is 13.6. The first-order valence-electron chi connectivity index (χ1n) is 7.31. The normalized spacial score (nSPS) is 13.7. The van der Waals surface area contributed by atoms with E-state index in [1.54, 1.807) is 12.7 Å². The van der Waals surface area contributed by atoms with Crippen LogP contribution in [0.15, 0.2) is 67.3 Å². The molecular formula is C18H17Cl2N3Zr. The summed E-state index contributed by atoms with van der Waals surface area (Å²) >= 11 is -0.826. The minimum atomic E-state index is -0.826. The molecule has 0 saturated heterocycles. The fourth-order valence-electron chi connectivity index (χ4n) is 2.22. The predicted octanol–water partition coefficient (Wildman–Crippen LogP) is 5.46. The zero-order valence-electron chi connectivity index (χ0n) is 13.4. The molecule has 0 radical (unpaired) electrons. The van der Waals surface area contributed by atoms with Crippen molar-refractivity contribution in [3.05, 3.63) is 73.4 Å². The van der Waals surface area contributed by atoms with Gasteiger partial charge in [0.2, 0.25) is 0 Å². The van der Waals surface area contributed by atoms with E-state index in [2.05, 4.69) is 60.5 Å². The Balaban J connectivity index is 0.000000176. The van der Waals surface area contributed by atoms with Crippen molar-refractivity contribution in [3.63, 3.8) is 0 Å². The molecule has 0 unspecified atom stereocenters. The van der Waals surface area contributed by atoms with Crippen LogP contribution >= 0.6 is 17.0 Å². The van der Waals surface area contributed by atoms with Crippen LogP contribution in [0.2, 0.25) is 0 Å². The van der Waals surface area contributed by atoms with Gasteiger partial charge < -0.3 is 4.57 Å². The van der Waals surface area contributed by atoms with Crippen molar-refractivity contribution in [1.29, 1.82) is 0 Å². The van der Waals surface area contributed by atoms with Crippen molar-refractivity contribution < 1.29 is 20.8 Å². The molecule has 1 heterocycles. The molecule has 1 aliphatic carbocycles. The Morgan fingerprint density at radius 1 is 1.17 bits per heavy atom. The number of allylic oxidation sites excluding steroid dienone is 4. The summed E-state index contributed by atoms with van der Waals surface area (Å²) in [4.78, 5) is 0. The fourth-order valence-corrected chi connectivity index (χ4v) is 2.22. The SMILES string of the molecule is CC1(C)[C-]=CC=C1.[Cl][Zr+2][Cl].c1ccc2[cH-]c(-n3cnnc3)cc2c1. The minimum absolute atomic E-state index is 0.208. The molecule has 2 aromatic carbocycles. The van der Waals surface area contributed by atoms with E-state index in [0.29, 0.717) is 0 Å². The molecule has 3 aromatic rings. The Hall–Kier alpha value is -1.09. The van der Waals surface area contributed by atoms with Crippen molar-refractivity contribution in [1.82, 2.24) is 14.8 Å². The monoisotopic (exact) mass is 435 g/mol. The molecule has 4 rings (SSSR count). The fraction of sp³-hybridized carbons (Fsp3) is 0.167. The average Bonchev–Trinajstić information content (AvgIpc) is 3.27. The van der Waals surface area contributed by atoms with Crippen molar-refractivity contribution in [2.45, 2.75) is 13.8 Å². The number of aromatic nitrogens is 3. The first-order chi connectivity index (χ1) is 11.6. The number of halogens is 2. The number of fused-ring (bicyclic) bond motifs is 1. The van der Waals surface area contributed by atoms with E-state index >= 15 is 0 Å². The molecule has 0 bridgehead atoms. The summed E-state index contributed by atoms with van der Waals surface area (Å²) in [5.41, 5.74) is 1.32. The molecule has 0 saturated carbocycles. The second kappa shape index (κ2) is 9.41. The Bertz CT molecular complexity index is 758. The van der Waals surface area contributed by atoms with Gasteiger partial charge in [-0.15, -0.1) is 51.3 Å². The summed E-state index contributed by atoms with van der Waals surface area (Å²) in [6, 6.07) is 12.5. The van der Waals surface area contributed by atoms with Crippen LogP contribution < -0.4 is 0 Å². The van der Waals surface area contributed by atoms with Crippen LogP contribution in [0.5, 0.6) is 0 Å². The predicted molar refractivity (Wildman–Crippen MR) is 96.9 cm³/mol. The standard InChI is InChI=1S/C11H8N3.C7H9.2ClH.Zr/c1-2-4-10-6-11(5-9(10)3-1)14-7-12-13-8-14;1-7(2)5-3-4-6-7;;;/h1-8H;3-5H,1-2H3;2*1H;/q2*-1;;;+4/p-2. The van der Waals surface area contributed by atoms with Crippen LogP contribution in [0.4, 0.5) is 0 Å². The van der Waals surface area contributed by atoms with Gasteiger partial charge in [0, 0.05) is 0 Å². The molecule has 0 atom stereocenters. The minimum Gasteiger partial charge on any atom is -0.307 e. The summed E-state index contributed by atoms with van der Waals surface area (Å²) in [6.07, 6.45) is 12.7. The van der Waals surface area contributed by atoms with Gasteiger partial charge in [-0.3, -0.25) is 6.08 Å². The van der Waals surface area contributed by atoms with Gasteiger partial charge in [0.05, 0.1) is 0 Å². The molecule has 0 fully saturated rings. The quantitative estimate of drug-likeness (QED) is 0.474. The topological polar surface area (TPSA) is 30.7 Å². The van der Waals surface area contributed by atoms with Crippen LogP contribution in [0.25, 0.3) is 16.5 Å². The number of hydrogen-bond donors (Lipinski definition) is 0. The molecule has 24 heavy (non-hydrogen) atoms. The van der Waals surface area contributed by atoms with Crippen molar-refractivity contribution in [3.8, 4) is 5.69 Å². The van der Waals surface area contributed by atoms with Gasteiger partial charge in [-0.2, -0.15) is 6.08 Å². The second-order valence-corrected chi connectivity index (χ2v) is 9.41. The molecule has 3 nitrogen and oxygen atoms in total. The summed E-state index contributed by atoms with van der Waals surface area (Å²) < 4.78 is 1.90. The van der Waals surface area contributed by atoms with Crippen LogP contribution in [0.1, 0.15) is 13.8 Å². The van der Waals surface area contributed by atoms with Gasteiger partial charge in [-0.05, 0) is 5.69 Å². The van der Waals surface area contributed by atoms with Crippen LogP contribution in [-0.2, 0) is 20.8 Å². The maximum absolute atomic E-state index is 4.93. The first kappa shape index (κ1) is 19.2. The molecule has 0 spiro atoms. The van der Waals surface area contributed by atoms with Gasteiger partial charge in [0.15, 0.2) is 0 Å². The maximum atomic E-state index is 4.93. The van der Waals surface area contributed by atoms with Crippen LogP contribution in [-0.4, -0.2) is 14.8 Å². The van der Waals surface area contributed by atoms with Gasteiger partial charge in [-0.25, -0.2) is 12.2 Å². The molecule has 1 aliphatic rings. The zero-order chi connectivity index (χ0) is 17.4. The van der Waals surface area contributed by atoms with Gasteiger partial charge in [0.25, 0.3) is 0 Å². The number of hydrogen-bond acceptors (Lipinski definition) is 2. The Labute approximate surface area is 161 Å². The van der Waals surface area contributed by atoms with Crippen LogP contribution in [0, 0.1) is 11.5 Å². The molecule has 0 aliphatic heterocycles. The average molecular weight is 437 g/mol. The van der Waals surface area contributed by atoms with E-state index in [1.807, 2.05) is 28.9 Å². The summed E-state index contributed by atoms with van der Waals surface area (Å²) in [6.45, 7) is 4.26. The summed E-state index contributed by atoms with van der Waals surface area (Å²) in [7, 11) is 9.87. The number of nitrogens with zero attached hydrogens (tertiary/aromatic N) is 3. The number of benzene rings is 1. The number of rotatable bonds is 1. The molecule has 0 N–H and O–H groups in total. The van der Waals surface area contributed by atoms with E-state index in [9.17, 15) is 0 Å². The van der Waals surface area contributed by atoms with E-state index in [-0.39, 0.29) is 5.41 Å². The van der Waals surface area contributed by atoms with Crippen LogP contribution in [0.3, 0.4) is 0 Å². The summed E-state index contributed by atoms with van der Waals surface area (Å²) in [5, 5.41) is 10.1. The van der Waals surface area contributed by atoms with Crippen molar-refractivity contribution >= 4 is 27.8 Å². The zero-order valence-corrected chi connectivity index (χ0v) is 17.4. The van der Waals surface area contributed by atoms with E-state index in [1.165, 1.54) is 10.8 Å². The molecule has 0 amide bonds. The third kappa shape index (κ3) is 5.77. The van der Waals surface area contributed by atoms with E-state index < -0.39 is 20.8 Å². The molecule has 122 valence electrons. The Kier molecular flexibility index (Phi) is 7.54. The summed E-state index contributed by atoms with van der Waals surface area (Å²) in [5.74, 6) is 0. The molecule has 6 heteroatoms. The Morgan fingerprint density at radius 3 is 2.33 bits per heavy atom. The molecule has 1 aromatic heterocycles. The van der Waals surface area contributed by atoms with Gasteiger partial charge >= 0.3 is 37.9 Å². The van der Waals surface area contributed by atoms with Gasteiger partial charge in [-0.1, -0.05) is 25.3 Å². The Morgan fingerprint density at radius 2 is 1.83 bits per heavy atom. The third-order valence-corrected chi connectivity index (χ3v) is 3.38. The van der Waals surface area contributed by atoms with Crippen molar-refractivity contribution in [2.24, 2.45) is 5.41 Å². The maximum Gasteiger partial charge on any atom is 0.122 e. The van der Waals surface area contributed by atoms with Gasteiger partial charge in [0.1, 0.15) is 12.7 Å². The van der Waals surface area contributed by atoms with Crippen molar-refractivity contribution in [2.75, 3.05) is 0 Å².